The first-order chi connectivity index (χ1) is 8.00. The molecule has 2 rings (SSSR count). The first-order valence-electron chi connectivity index (χ1n) is 5.85. The Bertz CT molecular complexity index is 502. The molecule has 4 heteroatoms. The fraction of sp³-hybridized carbons (Fsp3) is 0.462. The molecule has 0 radical (unpaired) electrons. The maximum absolute atomic E-state index is 9.64. The van der Waals surface area contributed by atoms with E-state index in [4.69, 9.17) is 0 Å². The van der Waals surface area contributed by atoms with Crippen LogP contribution >= 0.6 is 0 Å². The molecule has 0 saturated heterocycles. The highest BCUT2D eigenvalue weighted by Gasteiger charge is 2.23. The van der Waals surface area contributed by atoms with Crippen molar-refractivity contribution in [3.63, 3.8) is 0 Å². The maximum Gasteiger partial charge on any atom is 0.0706 e. The second-order valence-corrected chi connectivity index (χ2v) is 4.95. The van der Waals surface area contributed by atoms with Crippen molar-refractivity contribution < 1.29 is 5.11 Å². The number of aliphatic hydroxyl groups is 1. The third-order valence-electron chi connectivity index (χ3n) is 3.29. The van der Waals surface area contributed by atoms with Gasteiger partial charge in [0.2, 0.25) is 0 Å². The van der Waals surface area contributed by atoms with Crippen LogP contribution < -0.4 is 5.32 Å². The number of aromatic nitrogens is 2. The second kappa shape index (κ2) is 4.47. The number of hydrogen-bond acceptors (Lipinski definition) is 3. The smallest absolute Gasteiger partial charge is 0.0706 e. The third kappa shape index (κ3) is 2.48. The van der Waals surface area contributed by atoms with Gasteiger partial charge in [0.15, 0.2) is 0 Å². The van der Waals surface area contributed by atoms with E-state index >= 15 is 0 Å². The Hall–Kier alpha value is -1.39. The molecule has 17 heavy (non-hydrogen) atoms. The van der Waals surface area contributed by atoms with Gasteiger partial charge < -0.3 is 10.4 Å². The molecular formula is C13H19N3O. The lowest BCUT2D eigenvalue weighted by molar-refractivity contribution is 0.0957. The van der Waals surface area contributed by atoms with Crippen LogP contribution in [0.1, 0.15) is 26.3 Å². The normalized spacial score (nSPS) is 14.1. The van der Waals surface area contributed by atoms with E-state index in [1.807, 2.05) is 49.0 Å². The number of aliphatic hydroxyl groups excluding tert-OH is 1. The molecule has 0 aliphatic carbocycles. The summed E-state index contributed by atoms with van der Waals surface area (Å²) in [6, 6.07) is 6.00. The summed E-state index contributed by atoms with van der Waals surface area (Å²) >= 11 is 0. The molecule has 1 atom stereocenters. The zero-order valence-electron chi connectivity index (χ0n) is 10.5. The minimum absolute atomic E-state index is 0.303. The van der Waals surface area contributed by atoms with Crippen molar-refractivity contribution in [2.75, 3.05) is 0 Å². The first kappa shape index (κ1) is 12.1. The number of pyridine rings is 1. The Morgan fingerprint density at radius 2 is 2.24 bits per heavy atom. The summed E-state index contributed by atoms with van der Waals surface area (Å²) in [5, 5.41) is 17.3. The van der Waals surface area contributed by atoms with Gasteiger partial charge in [-0.3, -0.25) is 0 Å². The molecule has 0 aliphatic rings. The Morgan fingerprint density at radius 1 is 1.47 bits per heavy atom. The standard InChI is InChI=1S/C13H19N3O/c1-10(17)13(2,3)14-8-11-9-15-16-7-5-4-6-12(11)16/h4-7,9-10,14,17H,8H2,1-3H3. The van der Waals surface area contributed by atoms with Crippen molar-refractivity contribution in [1.82, 2.24) is 14.9 Å². The van der Waals surface area contributed by atoms with Crippen LogP contribution in [0.25, 0.3) is 5.52 Å². The van der Waals surface area contributed by atoms with Gasteiger partial charge in [0.1, 0.15) is 0 Å². The summed E-state index contributed by atoms with van der Waals surface area (Å²) < 4.78 is 1.85. The van der Waals surface area contributed by atoms with Gasteiger partial charge in [-0.1, -0.05) is 6.07 Å². The average molecular weight is 233 g/mol. The van der Waals surface area contributed by atoms with Crippen LogP contribution in [0.15, 0.2) is 30.6 Å². The van der Waals surface area contributed by atoms with Crippen molar-refractivity contribution >= 4 is 5.52 Å². The van der Waals surface area contributed by atoms with Gasteiger partial charge in [-0.2, -0.15) is 5.10 Å². The minimum Gasteiger partial charge on any atom is -0.392 e. The molecule has 0 fully saturated rings. The topological polar surface area (TPSA) is 49.6 Å². The molecule has 0 saturated carbocycles. The monoisotopic (exact) mass is 233 g/mol. The van der Waals surface area contributed by atoms with Crippen LogP contribution in [0, 0.1) is 0 Å². The Labute approximate surface area is 101 Å². The van der Waals surface area contributed by atoms with Gasteiger partial charge in [-0.25, -0.2) is 4.52 Å². The maximum atomic E-state index is 9.64. The molecule has 1 unspecified atom stereocenters. The lowest BCUT2D eigenvalue weighted by atomic mass is 9.98. The van der Waals surface area contributed by atoms with Gasteiger partial charge in [-0.15, -0.1) is 0 Å². The van der Waals surface area contributed by atoms with Gasteiger partial charge in [0.05, 0.1) is 17.8 Å². The third-order valence-corrected chi connectivity index (χ3v) is 3.29. The molecule has 0 aliphatic heterocycles. The van der Waals surface area contributed by atoms with Crippen molar-refractivity contribution in [3.05, 3.63) is 36.2 Å². The minimum atomic E-state index is -0.399. The summed E-state index contributed by atoms with van der Waals surface area (Å²) in [5.74, 6) is 0. The number of hydrogen-bond donors (Lipinski definition) is 2. The van der Waals surface area contributed by atoms with E-state index in [1.165, 1.54) is 0 Å². The second-order valence-electron chi connectivity index (χ2n) is 4.95. The average Bonchev–Trinajstić information content (AvgIpc) is 2.69. The van der Waals surface area contributed by atoms with Crippen LogP contribution in [-0.2, 0) is 6.54 Å². The van der Waals surface area contributed by atoms with E-state index in [0.29, 0.717) is 6.54 Å². The molecule has 2 heterocycles. The highest BCUT2D eigenvalue weighted by Crippen LogP contribution is 2.13. The van der Waals surface area contributed by atoms with Gasteiger partial charge in [0, 0.05) is 23.8 Å². The van der Waals surface area contributed by atoms with E-state index in [9.17, 15) is 5.11 Å². The number of nitrogens with one attached hydrogen (secondary N) is 1. The van der Waals surface area contributed by atoms with Crippen LogP contribution in [0.4, 0.5) is 0 Å². The summed E-state index contributed by atoms with van der Waals surface area (Å²) in [4.78, 5) is 0. The Kier molecular flexibility index (Phi) is 3.17. The number of rotatable bonds is 4. The molecule has 0 spiro atoms. The van der Waals surface area contributed by atoms with Crippen LogP contribution in [-0.4, -0.2) is 26.4 Å². The lowest BCUT2D eigenvalue weighted by Crippen LogP contribution is -2.47. The summed E-state index contributed by atoms with van der Waals surface area (Å²) in [6.45, 7) is 6.47. The molecule has 0 bridgehead atoms. The fourth-order valence-corrected chi connectivity index (χ4v) is 1.59. The lowest BCUT2D eigenvalue weighted by Gasteiger charge is -2.29. The molecule has 0 amide bonds. The largest absolute Gasteiger partial charge is 0.392 e. The van der Waals surface area contributed by atoms with Crippen LogP contribution in [0.3, 0.4) is 0 Å². The fourth-order valence-electron chi connectivity index (χ4n) is 1.59. The van der Waals surface area contributed by atoms with Crippen molar-refractivity contribution in [2.24, 2.45) is 0 Å². The zero-order valence-corrected chi connectivity index (χ0v) is 10.5. The molecule has 2 aromatic heterocycles. The highest BCUT2D eigenvalue weighted by molar-refractivity contribution is 5.53. The van der Waals surface area contributed by atoms with E-state index < -0.39 is 6.10 Å². The predicted molar refractivity (Wildman–Crippen MR) is 67.8 cm³/mol. The quantitative estimate of drug-likeness (QED) is 0.843. The van der Waals surface area contributed by atoms with Crippen molar-refractivity contribution in [3.8, 4) is 0 Å². The van der Waals surface area contributed by atoms with E-state index in [-0.39, 0.29) is 5.54 Å². The van der Waals surface area contributed by atoms with Crippen molar-refractivity contribution in [1.29, 1.82) is 0 Å². The summed E-state index contributed by atoms with van der Waals surface area (Å²) in [7, 11) is 0. The van der Waals surface area contributed by atoms with Gasteiger partial charge in [0.25, 0.3) is 0 Å². The van der Waals surface area contributed by atoms with Crippen LogP contribution in [0.5, 0.6) is 0 Å². The van der Waals surface area contributed by atoms with E-state index in [2.05, 4.69) is 10.4 Å². The van der Waals surface area contributed by atoms with Gasteiger partial charge in [-0.05, 0) is 32.9 Å². The summed E-state index contributed by atoms with van der Waals surface area (Å²) in [6.07, 6.45) is 3.39. The molecular weight excluding hydrogens is 214 g/mol. The van der Waals surface area contributed by atoms with E-state index in [0.717, 1.165) is 11.1 Å². The Morgan fingerprint density at radius 3 is 2.94 bits per heavy atom. The number of fused-ring (bicyclic) bond motifs is 1. The van der Waals surface area contributed by atoms with Gasteiger partial charge >= 0.3 is 0 Å². The SMILES string of the molecule is CC(O)C(C)(C)NCc1cnn2ccccc12. The number of nitrogens with zero attached hydrogens (tertiary/aromatic N) is 2. The Balaban J connectivity index is 2.14. The molecule has 2 N–H and O–H groups in total. The predicted octanol–water partition coefficient (Wildman–Crippen LogP) is 1.58. The molecule has 2 aromatic rings. The molecule has 4 nitrogen and oxygen atoms in total. The zero-order chi connectivity index (χ0) is 12.5. The van der Waals surface area contributed by atoms with Crippen LogP contribution in [0.2, 0.25) is 0 Å². The molecule has 92 valence electrons. The summed E-state index contributed by atoms with van der Waals surface area (Å²) in [5.41, 5.74) is 1.93. The van der Waals surface area contributed by atoms with E-state index in [1.54, 1.807) is 6.92 Å². The molecule has 0 aromatic carbocycles. The highest BCUT2D eigenvalue weighted by atomic mass is 16.3. The first-order valence-corrected chi connectivity index (χ1v) is 5.85. The van der Waals surface area contributed by atoms with Crippen molar-refractivity contribution in [2.45, 2.75) is 39.0 Å².